The Morgan fingerprint density at radius 1 is 1.12 bits per heavy atom. The molecule has 0 radical (unpaired) electrons. The minimum absolute atomic E-state index is 0.0770. The standard InChI is InChI=1S/C17H16F3N3O3/c1-23(10-12-4-2-3-5-14(12)26-17(18,19)20)15(24)11-6-8-13(9-7-11)22-16(21)25/h2-9H,10H2,1H3,(H3,21,22,25). The lowest BCUT2D eigenvalue weighted by molar-refractivity contribution is -0.275. The topological polar surface area (TPSA) is 84.7 Å². The van der Waals surface area contributed by atoms with Crippen LogP contribution in [0.1, 0.15) is 15.9 Å². The predicted molar refractivity (Wildman–Crippen MR) is 88.6 cm³/mol. The van der Waals surface area contributed by atoms with Crippen LogP contribution in [0.3, 0.4) is 0 Å². The monoisotopic (exact) mass is 367 g/mol. The van der Waals surface area contributed by atoms with E-state index in [9.17, 15) is 22.8 Å². The van der Waals surface area contributed by atoms with Gasteiger partial charge in [0.15, 0.2) is 0 Å². The molecule has 6 nitrogen and oxygen atoms in total. The Balaban J connectivity index is 2.11. The number of alkyl halides is 3. The molecule has 2 aromatic rings. The Labute approximate surface area is 147 Å². The van der Waals surface area contributed by atoms with Gasteiger partial charge in [-0.3, -0.25) is 4.79 Å². The maximum Gasteiger partial charge on any atom is 0.573 e. The second-order valence-corrected chi connectivity index (χ2v) is 5.38. The Hall–Kier alpha value is -3.23. The molecule has 0 bridgehead atoms. The number of anilines is 1. The van der Waals surface area contributed by atoms with E-state index >= 15 is 0 Å². The van der Waals surface area contributed by atoms with Crippen LogP contribution in [-0.2, 0) is 6.54 Å². The number of rotatable bonds is 5. The van der Waals surface area contributed by atoms with Gasteiger partial charge in [0.1, 0.15) is 5.75 Å². The summed E-state index contributed by atoms with van der Waals surface area (Å²) in [5.41, 5.74) is 5.93. The first-order chi connectivity index (χ1) is 12.2. The fourth-order valence-electron chi connectivity index (χ4n) is 2.24. The zero-order valence-corrected chi connectivity index (χ0v) is 13.7. The van der Waals surface area contributed by atoms with Gasteiger partial charge in [-0.1, -0.05) is 18.2 Å². The number of ether oxygens (including phenoxy) is 1. The predicted octanol–water partition coefficient (Wildman–Crippen LogP) is 3.35. The first kappa shape index (κ1) is 19.1. The molecule has 0 aliphatic heterocycles. The van der Waals surface area contributed by atoms with Gasteiger partial charge in [-0.25, -0.2) is 4.79 Å². The molecule has 0 atom stereocenters. The molecule has 3 amide bonds. The van der Waals surface area contributed by atoms with Gasteiger partial charge >= 0.3 is 12.4 Å². The second-order valence-electron chi connectivity index (χ2n) is 5.38. The third kappa shape index (κ3) is 5.40. The highest BCUT2D eigenvalue weighted by atomic mass is 19.4. The van der Waals surface area contributed by atoms with Crippen LogP contribution < -0.4 is 15.8 Å². The van der Waals surface area contributed by atoms with E-state index in [1.54, 1.807) is 6.07 Å². The number of halogens is 3. The van der Waals surface area contributed by atoms with Gasteiger partial charge in [0.25, 0.3) is 5.91 Å². The van der Waals surface area contributed by atoms with Crippen molar-refractivity contribution in [1.82, 2.24) is 4.90 Å². The molecule has 26 heavy (non-hydrogen) atoms. The Bertz CT molecular complexity index is 792. The van der Waals surface area contributed by atoms with Crippen molar-refractivity contribution in [3.05, 3.63) is 59.7 Å². The Morgan fingerprint density at radius 3 is 2.31 bits per heavy atom. The van der Waals surface area contributed by atoms with E-state index in [0.29, 0.717) is 11.3 Å². The average Bonchev–Trinajstić information content (AvgIpc) is 2.55. The van der Waals surface area contributed by atoms with Crippen LogP contribution in [0, 0.1) is 0 Å². The summed E-state index contributed by atoms with van der Waals surface area (Å²) in [5.74, 6) is -0.766. The maximum atomic E-state index is 12.5. The number of primary amides is 1. The fourth-order valence-corrected chi connectivity index (χ4v) is 2.24. The number of urea groups is 1. The molecule has 0 spiro atoms. The highest BCUT2D eigenvalue weighted by Gasteiger charge is 2.32. The first-order valence-corrected chi connectivity index (χ1v) is 7.41. The highest BCUT2D eigenvalue weighted by Crippen LogP contribution is 2.27. The summed E-state index contributed by atoms with van der Waals surface area (Å²) in [6, 6.07) is 10.8. The molecular weight excluding hydrogens is 351 g/mol. The summed E-state index contributed by atoms with van der Waals surface area (Å²) in [7, 11) is 1.46. The summed E-state index contributed by atoms with van der Waals surface area (Å²) in [6.45, 7) is -0.0770. The van der Waals surface area contributed by atoms with Gasteiger partial charge < -0.3 is 20.7 Å². The van der Waals surface area contributed by atoms with Crippen molar-refractivity contribution in [2.24, 2.45) is 5.73 Å². The van der Waals surface area contributed by atoms with Crippen LogP contribution in [0.25, 0.3) is 0 Å². The third-order valence-electron chi connectivity index (χ3n) is 3.35. The molecule has 0 saturated heterocycles. The number of carbonyl (C=O) groups excluding carboxylic acids is 2. The number of carbonyl (C=O) groups is 2. The lowest BCUT2D eigenvalue weighted by Gasteiger charge is -2.20. The molecule has 2 rings (SSSR count). The van der Waals surface area contributed by atoms with Crippen molar-refractivity contribution in [3.8, 4) is 5.75 Å². The Morgan fingerprint density at radius 2 is 1.73 bits per heavy atom. The van der Waals surface area contributed by atoms with Crippen LogP contribution in [0.2, 0.25) is 0 Å². The number of para-hydroxylation sites is 1. The number of nitrogens with one attached hydrogen (secondary N) is 1. The van der Waals surface area contributed by atoms with Crippen LogP contribution in [0.5, 0.6) is 5.75 Å². The average molecular weight is 367 g/mol. The Kier molecular flexibility index (Phi) is 5.71. The molecule has 0 aromatic heterocycles. The van der Waals surface area contributed by atoms with Gasteiger partial charge in [-0.15, -0.1) is 13.2 Å². The molecule has 0 saturated carbocycles. The second kappa shape index (κ2) is 7.77. The zero-order valence-electron chi connectivity index (χ0n) is 13.7. The number of nitrogens with two attached hydrogens (primary N) is 1. The SMILES string of the molecule is CN(Cc1ccccc1OC(F)(F)F)C(=O)c1ccc(NC(N)=O)cc1. The molecule has 0 aliphatic rings. The van der Waals surface area contributed by atoms with Crippen LogP contribution in [0.4, 0.5) is 23.7 Å². The number of nitrogens with zero attached hydrogens (tertiary/aromatic N) is 1. The lowest BCUT2D eigenvalue weighted by Crippen LogP contribution is -2.27. The normalized spacial score (nSPS) is 10.9. The van der Waals surface area contributed by atoms with Gasteiger partial charge in [-0.2, -0.15) is 0 Å². The van der Waals surface area contributed by atoms with Crippen molar-refractivity contribution >= 4 is 17.6 Å². The van der Waals surface area contributed by atoms with E-state index in [-0.39, 0.29) is 17.9 Å². The van der Waals surface area contributed by atoms with E-state index in [0.717, 1.165) is 0 Å². The quantitative estimate of drug-likeness (QED) is 0.850. The van der Waals surface area contributed by atoms with E-state index in [4.69, 9.17) is 5.73 Å². The third-order valence-corrected chi connectivity index (χ3v) is 3.35. The van der Waals surface area contributed by atoms with Crippen molar-refractivity contribution in [2.45, 2.75) is 12.9 Å². The molecular formula is C17H16F3N3O3. The summed E-state index contributed by atoms with van der Waals surface area (Å²) in [5, 5.41) is 2.36. The molecule has 9 heteroatoms. The lowest BCUT2D eigenvalue weighted by atomic mass is 10.1. The molecule has 0 heterocycles. The number of benzene rings is 2. The molecule has 0 fully saturated rings. The van der Waals surface area contributed by atoms with E-state index in [1.165, 1.54) is 54.4 Å². The summed E-state index contributed by atoms with van der Waals surface area (Å²) >= 11 is 0. The van der Waals surface area contributed by atoms with E-state index in [2.05, 4.69) is 10.1 Å². The summed E-state index contributed by atoms with van der Waals surface area (Å²) < 4.78 is 41.4. The minimum Gasteiger partial charge on any atom is -0.405 e. The van der Waals surface area contributed by atoms with Crippen molar-refractivity contribution in [2.75, 3.05) is 12.4 Å². The minimum atomic E-state index is -4.82. The summed E-state index contributed by atoms with van der Waals surface area (Å²) in [4.78, 5) is 24.5. The van der Waals surface area contributed by atoms with Crippen LogP contribution >= 0.6 is 0 Å². The molecule has 3 N–H and O–H groups in total. The van der Waals surface area contributed by atoms with Gasteiger partial charge in [0.2, 0.25) is 0 Å². The van der Waals surface area contributed by atoms with E-state index < -0.39 is 18.3 Å². The smallest absolute Gasteiger partial charge is 0.405 e. The zero-order chi connectivity index (χ0) is 19.3. The molecule has 0 aliphatic carbocycles. The van der Waals surface area contributed by atoms with Crippen LogP contribution in [-0.4, -0.2) is 30.2 Å². The maximum absolute atomic E-state index is 12.5. The van der Waals surface area contributed by atoms with E-state index in [1.807, 2.05) is 0 Å². The van der Waals surface area contributed by atoms with Gasteiger partial charge in [0, 0.05) is 30.4 Å². The number of amides is 3. The molecule has 2 aromatic carbocycles. The molecule has 138 valence electrons. The molecule has 0 unspecified atom stereocenters. The highest BCUT2D eigenvalue weighted by molar-refractivity contribution is 5.95. The fraction of sp³-hybridized carbons (Fsp3) is 0.176. The number of hydrogen-bond acceptors (Lipinski definition) is 3. The first-order valence-electron chi connectivity index (χ1n) is 7.41. The van der Waals surface area contributed by atoms with Crippen molar-refractivity contribution < 1.29 is 27.5 Å². The summed E-state index contributed by atoms with van der Waals surface area (Å²) in [6.07, 6.45) is -4.82. The van der Waals surface area contributed by atoms with Gasteiger partial charge in [0.05, 0.1) is 0 Å². The van der Waals surface area contributed by atoms with Crippen molar-refractivity contribution in [1.29, 1.82) is 0 Å². The largest absolute Gasteiger partial charge is 0.573 e. The van der Waals surface area contributed by atoms with Gasteiger partial charge in [-0.05, 0) is 30.3 Å². The van der Waals surface area contributed by atoms with Crippen molar-refractivity contribution in [3.63, 3.8) is 0 Å². The number of hydrogen-bond donors (Lipinski definition) is 2. The van der Waals surface area contributed by atoms with Crippen LogP contribution in [0.15, 0.2) is 48.5 Å².